The van der Waals surface area contributed by atoms with Crippen molar-refractivity contribution in [2.24, 2.45) is 14.1 Å². The highest BCUT2D eigenvalue weighted by Gasteiger charge is 2.26. The van der Waals surface area contributed by atoms with Gasteiger partial charge in [0.05, 0.1) is 19.5 Å². The molecule has 0 saturated carbocycles. The molecular formula is C23H29N5O5S. The molecule has 1 aromatic carbocycles. The fourth-order valence-corrected chi connectivity index (χ4v) is 4.13. The van der Waals surface area contributed by atoms with E-state index < -0.39 is 21.9 Å². The summed E-state index contributed by atoms with van der Waals surface area (Å²) in [6.45, 7) is 7.53. The van der Waals surface area contributed by atoms with Gasteiger partial charge < -0.3 is 14.8 Å². The van der Waals surface area contributed by atoms with Crippen molar-refractivity contribution in [3.8, 4) is 11.5 Å². The fraction of sp³-hybridized carbons (Fsp3) is 0.435. The van der Waals surface area contributed by atoms with Crippen molar-refractivity contribution in [3.63, 3.8) is 0 Å². The second-order valence-electron chi connectivity index (χ2n) is 8.86. The third-order valence-electron chi connectivity index (χ3n) is 5.21. The molecule has 0 radical (unpaired) electrons. The number of carbonyl (C=O) groups excluding carboxylic acids is 1. The standard InChI is InChI=1S/C23H29N5O5S/c1-12(18(29)24-13-9-14(32-7)11-15(10-13)33-8)34-19-16-17(25-21(26-19)23(2,3)4)27(5)22(31)28(6)20(16)30/h9-12H,1-8H3,(H,24,29). The number of hydrogen-bond donors (Lipinski definition) is 1. The van der Waals surface area contributed by atoms with Crippen LogP contribution >= 0.6 is 11.8 Å². The van der Waals surface area contributed by atoms with Crippen LogP contribution in [-0.4, -0.2) is 44.5 Å². The summed E-state index contributed by atoms with van der Waals surface area (Å²) < 4.78 is 12.8. The van der Waals surface area contributed by atoms with E-state index in [0.29, 0.717) is 28.0 Å². The molecule has 1 amide bonds. The molecule has 10 nitrogen and oxygen atoms in total. The average molecular weight is 488 g/mol. The van der Waals surface area contributed by atoms with Crippen LogP contribution in [0.4, 0.5) is 5.69 Å². The Morgan fingerprint density at radius 2 is 1.62 bits per heavy atom. The number of rotatable bonds is 6. The number of methoxy groups -OCH3 is 2. The van der Waals surface area contributed by atoms with Crippen LogP contribution in [0.3, 0.4) is 0 Å². The molecule has 2 aromatic heterocycles. The van der Waals surface area contributed by atoms with Crippen LogP contribution in [0.25, 0.3) is 11.0 Å². The van der Waals surface area contributed by atoms with Crippen LogP contribution in [0.2, 0.25) is 0 Å². The topological polar surface area (TPSA) is 117 Å². The maximum Gasteiger partial charge on any atom is 0.332 e. The van der Waals surface area contributed by atoms with Gasteiger partial charge in [0, 0.05) is 43.4 Å². The Morgan fingerprint density at radius 3 is 2.15 bits per heavy atom. The van der Waals surface area contributed by atoms with Gasteiger partial charge in [-0.2, -0.15) is 0 Å². The molecule has 34 heavy (non-hydrogen) atoms. The Labute approximate surface area is 201 Å². The molecule has 0 aliphatic rings. The number of fused-ring (bicyclic) bond motifs is 1. The molecular weight excluding hydrogens is 458 g/mol. The van der Waals surface area contributed by atoms with Crippen molar-refractivity contribution in [2.45, 2.75) is 43.4 Å². The SMILES string of the molecule is COc1cc(NC(=O)C(C)Sc2nc(C(C)(C)C)nc3c2c(=O)n(C)c(=O)n3C)cc(OC)c1. The summed E-state index contributed by atoms with van der Waals surface area (Å²) in [5.74, 6) is 1.24. The minimum absolute atomic E-state index is 0.199. The highest BCUT2D eigenvalue weighted by atomic mass is 32.2. The number of carbonyl (C=O) groups is 1. The Hall–Kier alpha value is -3.34. The van der Waals surface area contributed by atoms with Crippen LogP contribution in [0.15, 0.2) is 32.8 Å². The first kappa shape index (κ1) is 25.3. The molecule has 0 fully saturated rings. The maximum absolute atomic E-state index is 13.0. The minimum atomic E-state index is -0.620. The van der Waals surface area contributed by atoms with Gasteiger partial charge in [0.2, 0.25) is 5.91 Å². The number of benzene rings is 1. The summed E-state index contributed by atoms with van der Waals surface area (Å²) in [7, 11) is 6.02. The number of amides is 1. The lowest BCUT2D eigenvalue weighted by molar-refractivity contribution is -0.115. The molecule has 0 saturated heterocycles. The molecule has 3 aromatic rings. The summed E-state index contributed by atoms with van der Waals surface area (Å²) in [4.78, 5) is 47.7. The van der Waals surface area contributed by atoms with Crippen LogP contribution in [0.1, 0.15) is 33.5 Å². The molecule has 0 spiro atoms. The molecule has 3 rings (SSSR count). The van der Waals surface area contributed by atoms with E-state index in [-0.39, 0.29) is 16.9 Å². The van der Waals surface area contributed by atoms with Gasteiger partial charge in [-0.15, -0.1) is 0 Å². The molecule has 0 aliphatic heterocycles. The first-order valence-electron chi connectivity index (χ1n) is 10.6. The van der Waals surface area contributed by atoms with Gasteiger partial charge in [-0.25, -0.2) is 14.8 Å². The van der Waals surface area contributed by atoms with Crippen molar-refractivity contribution < 1.29 is 14.3 Å². The van der Waals surface area contributed by atoms with Crippen LogP contribution in [0.5, 0.6) is 11.5 Å². The molecule has 1 N–H and O–H groups in total. The Kier molecular flexibility index (Phi) is 7.06. The third-order valence-corrected chi connectivity index (χ3v) is 6.30. The van der Waals surface area contributed by atoms with Crippen molar-refractivity contribution in [3.05, 3.63) is 44.9 Å². The van der Waals surface area contributed by atoms with E-state index in [0.717, 1.165) is 16.3 Å². The van der Waals surface area contributed by atoms with Gasteiger partial charge in [-0.3, -0.25) is 18.7 Å². The highest BCUT2D eigenvalue weighted by molar-refractivity contribution is 8.00. The average Bonchev–Trinajstić information content (AvgIpc) is 2.79. The number of anilines is 1. The zero-order valence-electron chi connectivity index (χ0n) is 20.5. The smallest absolute Gasteiger partial charge is 0.332 e. The molecule has 2 heterocycles. The quantitative estimate of drug-likeness (QED) is 0.416. The number of hydrogen-bond acceptors (Lipinski definition) is 8. The number of nitrogens with one attached hydrogen (secondary N) is 1. The number of aromatic nitrogens is 4. The first-order valence-corrected chi connectivity index (χ1v) is 11.4. The monoisotopic (exact) mass is 487 g/mol. The summed E-state index contributed by atoms with van der Waals surface area (Å²) in [6, 6.07) is 5.07. The number of nitrogens with zero attached hydrogens (tertiary/aromatic N) is 4. The van der Waals surface area contributed by atoms with E-state index in [1.807, 2.05) is 20.8 Å². The largest absolute Gasteiger partial charge is 0.497 e. The number of thioether (sulfide) groups is 1. The maximum atomic E-state index is 13.0. The summed E-state index contributed by atoms with van der Waals surface area (Å²) >= 11 is 1.13. The zero-order valence-corrected chi connectivity index (χ0v) is 21.4. The van der Waals surface area contributed by atoms with Crippen LogP contribution < -0.4 is 26.0 Å². The Morgan fingerprint density at radius 1 is 1.03 bits per heavy atom. The second-order valence-corrected chi connectivity index (χ2v) is 10.2. The minimum Gasteiger partial charge on any atom is -0.497 e. The lowest BCUT2D eigenvalue weighted by Crippen LogP contribution is -2.38. The molecule has 0 aliphatic carbocycles. The van der Waals surface area contributed by atoms with Gasteiger partial charge >= 0.3 is 5.69 Å². The normalized spacial score (nSPS) is 12.5. The lowest BCUT2D eigenvalue weighted by Gasteiger charge is -2.20. The van der Waals surface area contributed by atoms with E-state index in [1.54, 1.807) is 32.2 Å². The second kappa shape index (κ2) is 9.49. The lowest BCUT2D eigenvalue weighted by atomic mass is 9.96. The molecule has 1 unspecified atom stereocenters. The molecule has 182 valence electrons. The van der Waals surface area contributed by atoms with E-state index in [1.165, 1.54) is 25.8 Å². The van der Waals surface area contributed by atoms with Crippen LogP contribution in [-0.2, 0) is 24.3 Å². The van der Waals surface area contributed by atoms with Crippen molar-refractivity contribution >= 4 is 34.4 Å². The molecule has 11 heteroatoms. The van der Waals surface area contributed by atoms with Crippen molar-refractivity contribution in [2.75, 3.05) is 19.5 Å². The van der Waals surface area contributed by atoms with Gasteiger partial charge in [0.25, 0.3) is 5.56 Å². The number of ether oxygens (including phenoxy) is 2. The van der Waals surface area contributed by atoms with Gasteiger partial charge in [0.15, 0.2) is 5.65 Å². The Balaban J connectivity index is 2.04. The third kappa shape index (κ3) is 4.93. The van der Waals surface area contributed by atoms with E-state index >= 15 is 0 Å². The van der Waals surface area contributed by atoms with Crippen LogP contribution in [0, 0.1) is 0 Å². The zero-order chi connectivity index (χ0) is 25.4. The first-order chi connectivity index (χ1) is 15.9. The van der Waals surface area contributed by atoms with E-state index in [9.17, 15) is 14.4 Å². The summed E-state index contributed by atoms with van der Waals surface area (Å²) in [5, 5.41) is 2.77. The van der Waals surface area contributed by atoms with Crippen molar-refractivity contribution in [1.29, 1.82) is 0 Å². The predicted molar refractivity (Wildman–Crippen MR) is 132 cm³/mol. The van der Waals surface area contributed by atoms with Gasteiger partial charge in [-0.1, -0.05) is 32.5 Å². The highest BCUT2D eigenvalue weighted by Crippen LogP contribution is 2.31. The van der Waals surface area contributed by atoms with Gasteiger partial charge in [-0.05, 0) is 6.92 Å². The summed E-state index contributed by atoms with van der Waals surface area (Å²) in [5.41, 5.74) is -0.685. The Bertz CT molecular complexity index is 1350. The van der Waals surface area contributed by atoms with Crippen molar-refractivity contribution in [1.82, 2.24) is 19.1 Å². The fourth-order valence-electron chi connectivity index (χ4n) is 3.19. The number of aryl methyl sites for hydroxylation is 1. The molecule has 0 bridgehead atoms. The van der Waals surface area contributed by atoms with E-state index in [2.05, 4.69) is 15.3 Å². The van der Waals surface area contributed by atoms with E-state index in [4.69, 9.17) is 9.47 Å². The predicted octanol–water partition coefficient (Wildman–Crippen LogP) is 2.46. The van der Waals surface area contributed by atoms with Gasteiger partial charge in [0.1, 0.15) is 27.7 Å². The summed E-state index contributed by atoms with van der Waals surface area (Å²) in [6.07, 6.45) is 0. The molecule has 1 atom stereocenters.